The predicted molar refractivity (Wildman–Crippen MR) is 225 cm³/mol. The topological polar surface area (TPSA) is 132 Å². The Hall–Kier alpha value is -5.63. The average molecular weight is 799 g/mol. The van der Waals surface area contributed by atoms with Crippen molar-refractivity contribution in [3.05, 3.63) is 126 Å². The van der Waals surface area contributed by atoms with E-state index in [1.54, 1.807) is 18.9 Å². The summed E-state index contributed by atoms with van der Waals surface area (Å²) in [5.41, 5.74) is 4.56. The van der Waals surface area contributed by atoms with E-state index < -0.39 is 13.7 Å². The Morgan fingerprint density at radius 1 is 0.914 bits per heavy atom. The molecule has 3 aliphatic heterocycles. The fourth-order valence-electron chi connectivity index (χ4n) is 9.30. The van der Waals surface area contributed by atoms with Crippen LogP contribution in [0.2, 0.25) is 18.6 Å². The highest BCUT2D eigenvalue weighted by Crippen LogP contribution is 2.60. The van der Waals surface area contributed by atoms with E-state index in [2.05, 4.69) is 42.5 Å². The van der Waals surface area contributed by atoms with E-state index in [1.807, 2.05) is 96.0 Å². The van der Waals surface area contributed by atoms with Crippen LogP contribution in [0, 0.1) is 5.92 Å². The van der Waals surface area contributed by atoms with E-state index in [0.29, 0.717) is 50.2 Å². The van der Waals surface area contributed by atoms with Gasteiger partial charge in [-0.2, -0.15) is 5.10 Å². The minimum Gasteiger partial charge on any atom is -0.497 e. The standard InChI is InChI=1S/C45H50N6O6Si/c1-30-43(58(4,5)37-18-15-35(55-2)16-19-37)41(23-25-49-29-33(24-26-52)46-48-49)57-45(30)38-27-36(56-3)17-21-40(38)50(44(45)54)28-31-11-13-34(14-12-31)51-42(53)22-20-39(47-51)32-9-7-6-8-10-32/h6-19,21,27,29-30,41,43,52H,20,22-26,28H2,1-5H3/t30-,41+,43-,45+/m0/s1. The van der Waals surface area contributed by atoms with Crippen LogP contribution in [-0.2, 0) is 39.4 Å². The molecular weight excluding hydrogens is 749 g/mol. The van der Waals surface area contributed by atoms with Crippen LogP contribution < -0.4 is 24.6 Å². The lowest BCUT2D eigenvalue weighted by molar-refractivity contribution is -0.146. The van der Waals surface area contributed by atoms with Gasteiger partial charge in [-0.1, -0.05) is 85.0 Å². The van der Waals surface area contributed by atoms with Gasteiger partial charge in [0.25, 0.3) is 5.91 Å². The molecule has 5 aromatic rings. The lowest BCUT2D eigenvalue weighted by Crippen LogP contribution is -2.51. The van der Waals surface area contributed by atoms with Gasteiger partial charge in [-0.15, -0.1) is 5.10 Å². The molecule has 0 unspecified atom stereocenters. The van der Waals surface area contributed by atoms with Crippen LogP contribution >= 0.6 is 0 Å². The largest absolute Gasteiger partial charge is 0.497 e. The number of fused-ring (bicyclic) bond motifs is 2. The van der Waals surface area contributed by atoms with E-state index in [1.165, 1.54) is 10.2 Å². The van der Waals surface area contributed by atoms with Crippen LogP contribution in [0.5, 0.6) is 11.5 Å². The molecule has 8 rings (SSSR count). The van der Waals surface area contributed by atoms with E-state index in [9.17, 15) is 9.90 Å². The first-order valence-corrected chi connectivity index (χ1v) is 23.0. The first-order chi connectivity index (χ1) is 28.1. The number of ether oxygens (including phenoxy) is 3. The lowest BCUT2D eigenvalue weighted by atomic mass is 9.82. The molecule has 1 N–H and O–H groups in total. The predicted octanol–water partition coefficient (Wildman–Crippen LogP) is 6.21. The summed E-state index contributed by atoms with van der Waals surface area (Å²) in [5.74, 6) is 1.09. The van der Waals surface area contributed by atoms with Gasteiger partial charge in [0, 0.05) is 50.1 Å². The zero-order chi connectivity index (χ0) is 40.6. The highest BCUT2D eigenvalue weighted by atomic mass is 28.3. The zero-order valence-electron chi connectivity index (χ0n) is 33.7. The number of aliphatic hydroxyl groups is 1. The number of hydrogen-bond acceptors (Lipinski definition) is 9. The van der Waals surface area contributed by atoms with Crippen LogP contribution in [0.1, 0.15) is 48.6 Å². The van der Waals surface area contributed by atoms with Crippen molar-refractivity contribution in [1.29, 1.82) is 0 Å². The Bertz CT molecular complexity index is 2310. The maximum absolute atomic E-state index is 15.4. The molecule has 4 atom stereocenters. The number of amides is 2. The number of methoxy groups -OCH3 is 2. The zero-order valence-corrected chi connectivity index (χ0v) is 34.7. The van der Waals surface area contributed by atoms with Gasteiger partial charge in [-0.3, -0.25) is 14.3 Å². The second-order valence-electron chi connectivity index (χ2n) is 16.0. The minimum absolute atomic E-state index is 0.00207. The quantitative estimate of drug-likeness (QED) is 0.139. The van der Waals surface area contributed by atoms with Crippen molar-refractivity contribution in [3.8, 4) is 11.5 Å². The summed E-state index contributed by atoms with van der Waals surface area (Å²) in [6.07, 6.45) is 3.61. The van der Waals surface area contributed by atoms with Crippen molar-refractivity contribution >= 4 is 42.2 Å². The number of carbonyl (C=O) groups excluding carboxylic acids is 2. The Morgan fingerprint density at radius 2 is 1.64 bits per heavy atom. The molecule has 58 heavy (non-hydrogen) atoms. The molecule has 3 aliphatic rings. The van der Waals surface area contributed by atoms with E-state index in [-0.39, 0.29) is 36.0 Å². The molecule has 4 aromatic carbocycles. The monoisotopic (exact) mass is 798 g/mol. The molecule has 1 saturated heterocycles. The first-order valence-electron chi connectivity index (χ1n) is 19.9. The minimum atomic E-state index is -2.38. The van der Waals surface area contributed by atoms with Gasteiger partial charge in [0.15, 0.2) is 5.60 Å². The highest BCUT2D eigenvalue weighted by Gasteiger charge is 2.66. The van der Waals surface area contributed by atoms with Crippen molar-refractivity contribution in [2.24, 2.45) is 11.0 Å². The van der Waals surface area contributed by atoms with Crippen LogP contribution in [0.3, 0.4) is 0 Å². The Labute approximate surface area is 340 Å². The molecule has 12 nitrogen and oxygen atoms in total. The van der Waals surface area contributed by atoms with Gasteiger partial charge in [-0.25, -0.2) is 5.01 Å². The number of hydrazone groups is 1. The average Bonchev–Trinajstić information content (AvgIpc) is 3.90. The molecule has 0 radical (unpaired) electrons. The van der Waals surface area contributed by atoms with Gasteiger partial charge in [0.1, 0.15) is 11.5 Å². The van der Waals surface area contributed by atoms with Gasteiger partial charge in [0.05, 0.1) is 57.7 Å². The Kier molecular flexibility index (Phi) is 10.8. The molecule has 1 aromatic heterocycles. The van der Waals surface area contributed by atoms with Crippen molar-refractivity contribution in [3.63, 3.8) is 0 Å². The summed E-state index contributed by atoms with van der Waals surface area (Å²) in [7, 11) is 0.932. The summed E-state index contributed by atoms with van der Waals surface area (Å²) in [5, 5.41) is 25.5. The normalized spacial score (nSPS) is 21.8. The maximum Gasteiger partial charge on any atom is 0.264 e. The van der Waals surface area contributed by atoms with E-state index >= 15 is 4.79 Å². The molecular formula is C45H50N6O6Si. The molecule has 0 bridgehead atoms. The van der Waals surface area contributed by atoms with Gasteiger partial charge in [-0.05, 0) is 65.6 Å². The molecule has 0 aliphatic carbocycles. The number of rotatable bonds is 13. The van der Waals surface area contributed by atoms with Gasteiger partial charge >= 0.3 is 0 Å². The number of aromatic nitrogens is 3. The van der Waals surface area contributed by atoms with E-state index in [0.717, 1.165) is 39.5 Å². The Balaban J connectivity index is 1.13. The van der Waals surface area contributed by atoms with Gasteiger partial charge < -0.3 is 24.2 Å². The summed E-state index contributed by atoms with van der Waals surface area (Å²) in [4.78, 5) is 30.3. The SMILES string of the molecule is COc1ccc([Si](C)(C)[C@@H]2[C@@H](CCn3cc(CCO)nn3)O[C@]3(C(=O)N(Cc4ccc(N5N=C(c6ccccc6)CCC5=O)cc4)c4ccc(OC)cc43)[C@H]2C)cc1. The van der Waals surface area contributed by atoms with Crippen molar-refractivity contribution in [1.82, 2.24) is 15.0 Å². The number of benzene rings is 4. The number of nitrogens with zero attached hydrogens (tertiary/aromatic N) is 6. The molecule has 13 heteroatoms. The smallest absolute Gasteiger partial charge is 0.264 e. The molecule has 1 fully saturated rings. The van der Waals surface area contributed by atoms with Crippen LogP contribution in [0.15, 0.2) is 108 Å². The fourth-order valence-corrected chi connectivity index (χ4v) is 13.4. The number of aryl methyl sites for hydroxylation is 1. The fraction of sp³-hybridized carbons (Fsp3) is 0.356. The number of anilines is 2. The summed E-state index contributed by atoms with van der Waals surface area (Å²) < 4.78 is 20.4. The summed E-state index contributed by atoms with van der Waals surface area (Å²) in [6, 6.07) is 31.8. The highest BCUT2D eigenvalue weighted by molar-refractivity contribution is 6.91. The summed E-state index contributed by atoms with van der Waals surface area (Å²) >= 11 is 0. The van der Waals surface area contributed by atoms with Crippen molar-refractivity contribution in [2.45, 2.75) is 76.0 Å². The van der Waals surface area contributed by atoms with Crippen molar-refractivity contribution in [2.75, 3.05) is 30.7 Å². The van der Waals surface area contributed by atoms with Crippen LogP contribution in [0.4, 0.5) is 11.4 Å². The third kappa shape index (κ3) is 7.01. The van der Waals surface area contributed by atoms with Crippen LogP contribution in [-0.4, -0.2) is 72.6 Å². The van der Waals surface area contributed by atoms with E-state index in [4.69, 9.17) is 19.3 Å². The summed E-state index contributed by atoms with van der Waals surface area (Å²) in [6.45, 7) is 7.76. The lowest BCUT2D eigenvalue weighted by Gasteiger charge is -2.37. The molecule has 300 valence electrons. The second kappa shape index (κ2) is 16.0. The number of aliphatic hydroxyl groups excluding tert-OH is 1. The Morgan fingerprint density at radius 3 is 2.34 bits per heavy atom. The molecule has 1 spiro atoms. The van der Waals surface area contributed by atoms with Crippen LogP contribution in [0.25, 0.3) is 0 Å². The second-order valence-corrected chi connectivity index (χ2v) is 20.6. The first kappa shape index (κ1) is 39.2. The molecule has 2 amide bonds. The molecule has 0 saturated carbocycles. The molecule has 4 heterocycles. The number of hydrogen-bond donors (Lipinski definition) is 1. The third-order valence-electron chi connectivity index (χ3n) is 12.3. The number of carbonyl (C=O) groups is 2. The van der Waals surface area contributed by atoms with Crippen molar-refractivity contribution < 1.29 is 28.9 Å². The third-order valence-corrected chi connectivity index (χ3v) is 16.7. The maximum atomic E-state index is 15.4. The van der Waals surface area contributed by atoms with Gasteiger partial charge in [0.2, 0.25) is 5.91 Å².